The van der Waals surface area contributed by atoms with E-state index in [4.69, 9.17) is 21.4 Å². The Hall–Kier alpha value is -4.50. The number of rotatable bonds is 6. The largest absolute Gasteiger partial charge is 0.487 e. The molecule has 10 heteroatoms. The van der Waals surface area contributed by atoms with Gasteiger partial charge in [-0.05, 0) is 54.1 Å². The topological polar surface area (TPSA) is 113 Å². The summed E-state index contributed by atoms with van der Waals surface area (Å²) in [6.45, 7) is -0.0501. The molecule has 0 radical (unpaired) electrons. The fourth-order valence-electron chi connectivity index (χ4n) is 3.31. The van der Waals surface area contributed by atoms with Gasteiger partial charge < -0.3 is 9.84 Å². The maximum Gasteiger partial charge on any atom is 0.335 e. The molecule has 0 unspecified atom stereocenters. The van der Waals surface area contributed by atoms with Crippen LogP contribution in [0.2, 0.25) is 5.02 Å². The van der Waals surface area contributed by atoms with Crippen molar-refractivity contribution in [3.8, 4) is 5.75 Å². The number of benzene rings is 3. The summed E-state index contributed by atoms with van der Waals surface area (Å²) >= 11 is 6.27. The number of carbonyl (C=O) groups is 4. The molecule has 0 saturated carbocycles. The minimum absolute atomic E-state index is 0.0302. The Morgan fingerprint density at radius 1 is 1.06 bits per heavy atom. The van der Waals surface area contributed by atoms with E-state index in [2.05, 4.69) is 5.32 Å². The van der Waals surface area contributed by atoms with Gasteiger partial charge in [0.25, 0.3) is 11.8 Å². The number of aromatic carboxylic acids is 1. The monoisotopic (exact) mass is 494 g/mol. The standard InChI is InChI=1S/C25H16ClFN2O6/c26-19-12-14(5-10-21(19)35-13-16-3-1-2-4-20(16)27)11-18-22(30)28-25(34)29(23(18)31)17-8-6-15(7-9-17)24(32)33/h1-12H,13H2,(H,32,33)(H,28,30,34)/b18-11+. The van der Waals surface area contributed by atoms with E-state index in [0.717, 1.165) is 4.90 Å². The Balaban J connectivity index is 1.56. The first-order valence-corrected chi connectivity index (χ1v) is 10.5. The van der Waals surface area contributed by atoms with E-state index in [0.29, 0.717) is 11.1 Å². The Kier molecular flexibility index (Phi) is 6.61. The molecule has 0 aromatic heterocycles. The SMILES string of the molecule is O=C1NC(=O)N(c2ccc(C(=O)O)cc2)C(=O)/C1=C/c1ccc(OCc2ccccc2F)c(Cl)c1. The third-order valence-electron chi connectivity index (χ3n) is 5.08. The van der Waals surface area contributed by atoms with Crippen molar-refractivity contribution in [2.75, 3.05) is 4.90 Å². The van der Waals surface area contributed by atoms with Crippen LogP contribution in [0.15, 0.2) is 72.3 Å². The summed E-state index contributed by atoms with van der Waals surface area (Å²) in [5.41, 5.74) is 0.453. The van der Waals surface area contributed by atoms with Crippen LogP contribution in [-0.4, -0.2) is 28.9 Å². The number of nitrogens with zero attached hydrogens (tertiary/aromatic N) is 1. The summed E-state index contributed by atoms with van der Waals surface area (Å²) in [5, 5.41) is 11.3. The second kappa shape index (κ2) is 9.78. The van der Waals surface area contributed by atoms with E-state index in [1.807, 2.05) is 0 Å². The average molecular weight is 495 g/mol. The molecule has 35 heavy (non-hydrogen) atoms. The van der Waals surface area contributed by atoms with Gasteiger partial charge in [-0.15, -0.1) is 0 Å². The molecule has 1 aliphatic heterocycles. The Morgan fingerprint density at radius 3 is 2.43 bits per heavy atom. The summed E-state index contributed by atoms with van der Waals surface area (Å²) in [4.78, 5) is 49.4. The lowest BCUT2D eigenvalue weighted by Gasteiger charge is -2.26. The Bertz CT molecular complexity index is 1390. The lowest BCUT2D eigenvalue weighted by atomic mass is 10.1. The Morgan fingerprint density at radius 2 is 1.77 bits per heavy atom. The van der Waals surface area contributed by atoms with Gasteiger partial charge in [-0.25, -0.2) is 18.9 Å². The highest BCUT2D eigenvalue weighted by atomic mass is 35.5. The predicted molar refractivity (Wildman–Crippen MR) is 125 cm³/mol. The number of anilines is 1. The molecule has 1 saturated heterocycles. The molecular weight excluding hydrogens is 479 g/mol. The lowest BCUT2D eigenvalue weighted by Crippen LogP contribution is -2.54. The van der Waals surface area contributed by atoms with Gasteiger partial charge in [-0.1, -0.05) is 35.9 Å². The average Bonchev–Trinajstić information content (AvgIpc) is 2.82. The van der Waals surface area contributed by atoms with Gasteiger partial charge in [-0.2, -0.15) is 0 Å². The molecule has 3 aromatic rings. The minimum atomic E-state index is -1.17. The van der Waals surface area contributed by atoms with Crippen LogP contribution in [-0.2, 0) is 16.2 Å². The van der Waals surface area contributed by atoms with Crippen LogP contribution in [0, 0.1) is 5.82 Å². The zero-order valence-electron chi connectivity index (χ0n) is 17.8. The van der Waals surface area contributed by atoms with Crippen molar-refractivity contribution in [1.82, 2.24) is 5.32 Å². The van der Waals surface area contributed by atoms with Crippen LogP contribution < -0.4 is 15.0 Å². The van der Waals surface area contributed by atoms with Crippen molar-refractivity contribution < 1.29 is 33.4 Å². The molecular formula is C25H16ClFN2O6. The van der Waals surface area contributed by atoms with Gasteiger partial charge in [0, 0.05) is 5.56 Å². The number of carboxylic acid groups (broad SMARTS) is 1. The number of imide groups is 2. The second-order valence-electron chi connectivity index (χ2n) is 7.38. The molecule has 1 heterocycles. The first kappa shape index (κ1) is 23.7. The van der Waals surface area contributed by atoms with Crippen molar-refractivity contribution in [2.24, 2.45) is 0 Å². The van der Waals surface area contributed by atoms with E-state index < -0.39 is 29.6 Å². The lowest BCUT2D eigenvalue weighted by molar-refractivity contribution is -0.122. The molecule has 3 aromatic carbocycles. The first-order chi connectivity index (χ1) is 16.7. The van der Waals surface area contributed by atoms with Crippen molar-refractivity contribution in [3.05, 3.63) is 99.8 Å². The molecule has 1 fully saturated rings. The van der Waals surface area contributed by atoms with Crippen LogP contribution in [0.3, 0.4) is 0 Å². The predicted octanol–water partition coefficient (Wildman–Crippen LogP) is 4.42. The van der Waals surface area contributed by atoms with Gasteiger partial charge in [0.1, 0.15) is 23.7 Å². The van der Waals surface area contributed by atoms with E-state index >= 15 is 0 Å². The number of ether oxygens (including phenoxy) is 1. The summed E-state index contributed by atoms with van der Waals surface area (Å²) < 4.78 is 19.4. The molecule has 0 atom stereocenters. The van der Waals surface area contributed by atoms with Crippen LogP contribution >= 0.6 is 11.6 Å². The highest BCUT2D eigenvalue weighted by molar-refractivity contribution is 6.39. The van der Waals surface area contributed by atoms with Gasteiger partial charge in [0.15, 0.2) is 0 Å². The molecule has 4 amide bonds. The molecule has 1 aliphatic rings. The van der Waals surface area contributed by atoms with E-state index in [9.17, 15) is 23.6 Å². The van der Waals surface area contributed by atoms with Crippen molar-refractivity contribution in [2.45, 2.75) is 6.61 Å². The second-order valence-corrected chi connectivity index (χ2v) is 7.79. The van der Waals surface area contributed by atoms with Crippen LogP contribution in [0.25, 0.3) is 6.08 Å². The molecule has 176 valence electrons. The minimum Gasteiger partial charge on any atom is -0.487 e. The van der Waals surface area contributed by atoms with Crippen molar-refractivity contribution >= 4 is 47.2 Å². The summed E-state index contributed by atoms with van der Waals surface area (Å²) in [6, 6.07) is 14.7. The zero-order chi connectivity index (χ0) is 25.1. The number of carbonyl (C=O) groups excluding carboxylic acids is 3. The van der Waals surface area contributed by atoms with Crippen LogP contribution in [0.1, 0.15) is 21.5 Å². The van der Waals surface area contributed by atoms with Gasteiger partial charge in [0.2, 0.25) is 0 Å². The highest BCUT2D eigenvalue weighted by Gasteiger charge is 2.36. The van der Waals surface area contributed by atoms with E-state index in [-0.39, 0.29) is 34.2 Å². The number of barbiturate groups is 1. The number of nitrogens with one attached hydrogen (secondary N) is 1. The van der Waals surface area contributed by atoms with Crippen LogP contribution in [0.4, 0.5) is 14.9 Å². The molecule has 0 spiro atoms. The van der Waals surface area contributed by atoms with E-state index in [1.165, 1.54) is 48.5 Å². The molecule has 0 bridgehead atoms. The van der Waals surface area contributed by atoms with Crippen molar-refractivity contribution in [1.29, 1.82) is 0 Å². The third-order valence-corrected chi connectivity index (χ3v) is 5.38. The summed E-state index contributed by atoms with van der Waals surface area (Å²) in [5.74, 6) is -3.09. The fourth-order valence-corrected chi connectivity index (χ4v) is 3.55. The summed E-state index contributed by atoms with van der Waals surface area (Å²) in [6.07, 6.45) is 1.26. The van der Waals surface area contributed by atoms with Gasteiger partial charge >= 0.3 is 12.0 Å². The molecule has 2 N–H and O–H groups in total. The Labute approximate surface area is 203 Å². The van der Waals surface area contributed by atoms with E-state index in [1.54, 1.807) is 24.3 Å². The molecule has 8 nitrogen and oxygen atoms in total. The summed E-state index contributed by atoms with van der Waals surface area (Å²) in [7, 11) is 0. The maximum absolute atomic E-state index is 13.8. The number of hydrogen-bond acceptors (Lipinski definition) is 5. The zero-order valence-corrected chi connectivity index (χ0v) is 18.6. The van der Waals surface area contributed by atoms with Gasteiger partial charge in [-0.3, -0.25) is 14.9 Å². The van der Waals surface area contributed by atoms with Gasteiger partial charge in [0.05, 0.1) is 16.3 Å². The third kappa shape index (κ3) is 5.04. The fraction of sp³-hybridized carbons (Fsp3) is 0.0400. The number of urea groups is 1. The maximum atomic E-state index is 13.8. The molecule has 4 rings (SSSR count). The van der Waals surface area contributed by atoms with Crippen LogP contribution in [0.5, 0.6) is 5.75 Å². The van der Waals surface area contributed by atoms with Crippen molar-refractivity contribution in [3.63, 3.8) is 0 Å². The number of amides is 4. The highest BCUT2D eigenvalue weighted by Crippen LogP contribution is 2.29. The smallest absolute Gasteiger partial charge is 0.335 e. The molecule has 0 aliphatic carbocycles. The number of hydrogen-bond donors (Lipinski definition) is 2. The normalized spacial score (nSPS) is 14.7. The first-order valence-electron chi connectivity index (χ1n) is 10.1. The number of carboxylic acids is 1. The quantitative estimate of drug-likeness (QED) is 0.387. The number of halogens is 2.